The molecule has 0 aliphatic rings. The number of hydrogen-bond donors (Lipinski definition) is 1. The first-order valence-corrected chi connectivity index (χ1v) is 8.69. The lowest BCUT2D eigenvalue weighted by atomic mass is 10.1. The summed E-state index contributed by atoms with van der Waals surface area (Å²) in [6, 6.07) is 13.3. The van der Waals surface area contributed by atoms with Gasteiger partial charge in [0.25, 0.3) is 5.91 Å². The summed E-state index contributed by atoms with van der Waals surface area (Å²) in [4.78, 5) is 23.9. The molecule has 0 spiro atoms. The summed E-state index contributed by atoms with van der Waals surface area (Å²) in [6.45, 7) is -1.20. The van der Waals surface area contributed by atoms with E-state index in [4.69, 9.17) is 9.47 Å². The molecule has 0 aliphatic carbocycles. The van der Waals surface area contributed by atoms with Gasteiger partial charge in [-0.2, -0.15) is 8.78 Å². The van der Waals surface area contributed by atoms with Crippen molar-refractivity contribution >= 4 is 11.9 Å². The normalized spacial score (nSPS) is 10.4. The van der Waals surface area contributed by atoms with E-state index in [0.29, 0.717) is 13.0 Å². The maximum Gasteiger partial charge on any atom is 0.387 e. The fourth-order valence-corrected chi connectivity index (χ4v) is 2.35. The van der Waals surface area contributed by atoms with Gasteiger partial charge in [0, 0.05) is 6.54 Å². The van der Waals surface area contributed by atoms with Crippen LogP contribution < -0.4 is 14.8 Å². The van der Waals surface area contributed by atoms with Crippen LogP contribution in [0.2, 0.25) is 0 Å². The molecule has 0 fully saturated rings. The Morgan fingerprint density at radius 3 is 2.50 bits per heavy atom. The van der Waals surface area contributed by atoms with Crippen LogP contribution >= 0.6 is 0 Å². The Morgan fingerprint density at radius 2 is 1.82 bits per heavy atom. The van der Waals surface area contributed by atoms with Gasteiger partial charge in [0.1, 0.15) is 0 Å². The first-order valence-electron chi connectivity index (χ1n) is 8.69. The smallest absolute Gasteiger partial charge is 0.387 e. The van der Waals surface area contributed by atoms with Gasteiger partial charge in [-0.3, -0.25) is 4.79 Å². The molecule has 2 aromatic carbocycles. The lowest BCUT2D eigenvalue weighted by Crippen LogP contribution is -2.30. The topological polar surface area (TPSA) is 73.9 Å². The van der Waals surface area contributed by atoms with Crippen molar-refractivity contribution in [3.8, 4) is 11.5 Å². The summed E-state index contributed by atoms with van der Waals surface area (Å²) in [6.07, 6.45) is 0.657. The van der Waals surface area contributed by atoms with Crippen LogP contribution in [0.3, 0.4) is 0 Å². The molecule has 1 amide bonds. The van der Waals surface area contributed by atoms with E-state index >= 15 is 0 Å². The van der Waals surface area contributed by atoms with E-state index in [1.807, 2.05) is 30.3 Å². The second kappa shape index (κ2) is 10.9. The number of nitrogens with one attached hydrogen (secondary N) is 1. The van der Waals surface area contributed by atoms with E-state index in [1.165, 1.54) is 18.2 Å². The second-order valence-electron chi connectivity index (χ2n) is 5.63. The standard InChI is InChI=1S/C20H21F2NO5/c1-2-26-17-12-15(8-9-16(17)28-20(21)22)19(25)27-13-18(24)23-11-10-14-6-4-3-5-7-14/h3-9,12,20H,2,10-11,13H2,1H3,(H,23,24). The van der Waals surface area contributed by atoms with Gasteiger partial charge in [-0.1, -0.05) is 30.3 Å². The number of benzene rings is 2. The zero-order valence-electron chi connectivity index (χ0n) is 15.3. The molecule has 2 rings (SSSR count). The Labute approximate surface area is 161 Å². The average Bonchev–Trinajstić information content (AvgIpc) is 2.68. The van der Waals surface area contributed by atoms with Crippen molar-refractivity contribution < 1.29 is 32.6 Å². The predicted octanol–water partition coefficient (Wildman–Crippen LogP) is 3.20. The van der Waals surface area contributed by atoms with E-state index < -0.39 is 25.1 Å². The van der Waals surface area contributed by atoms with Crippen LogP contribution in [0.25, 0.3) is 0 Å². The molecule has 1 N–H and O–H groups in total. The van der Waals surface area contributed by atoms with Gasteiger partial charge in [0.05, 0.1) is 12.2 Å². The van der Waals surface area contributed by atoms with Gasteiger partial charge in [0.2, 0.25) is 0 Å². The molecule has 0 aliphatic heterocycles. The largest absolute Gasteiger partial charge is 0.490 e. The molecule has 0 radical (unpaired) electrons. The van der Waals surface area contributed by atoms with Gasteiger partial charge >= 0.3 is 12.6 Å². The number of ether oxygens (including phenoxy) is 3. The van der Waals surface area contributed by atoms with Crippen molar-refractivity contribution in [2.75, 3.05) is 19.8 Å². The molecule has 0 unspecified atom stereocenters. The lowest BCUT2D eigenvalue weighted by molar-refractivity contribution is -0.124. The highest BCUT2D eigenvalue weighted by Crippen LogP contribution is 2.30. The molecule has 0 aromatic heterocycles. The monoisotopic (exact) mass is 393 g/mol. The molecule has 0 heterocycles. The van der Waals surface area contributed by atoms with Crippen molar-refractivity contribution in [2.45, 2.75) is 20.0 Å². The van der Waals surface area contributed by atoms with Crippen LogP contribution in [0.1, 0.15) is 22.8 Å². The molecule has 0 atom stereocenters. The van der Waals surface area contributed by atoms with Crippen molar-refractivity contribution in [1.29, 1.82) is 0 Å². The minimum atomic E-state index is -3.02. The number of alkyl halides is 2. The highest BCUT2D eigenvalue weighted by molar-refractivity contribution is 5.92. The minimum absolute atomic E-state index is 0.00966. The molecular formula is C20H21F2NO5. The third kappa shape index (κ3) is 6.86. The van der Waals surface area contributed by atoms with Crippen molar-refractivity contribution in [1.82, 2.24) is 5.32 Å². The van der Waals surface area contributed by atoms with E-state index in [2.05, 4.69) is 10.1 Å². The Kier molecular flexibility index (Phi) is 8.20. The van der Waals surface area contributed by atoms with Crippen LogP contribution in [0.15, 0.2) is 48.5 Å². The first kappa shape index (κ1) is 21.1. The fourth-order valence-electron chi connectivity index (χ4n) is 2.35. The van der Waals surface area contributed by atoms with Crippen LogP contribution in [-0.2, 0) is 16.0 Å². The van der Waals surface area contributed by atoms with E-state index in [0.717, 1.165) is 5.56 Å². The van der Waals surface area contributed by atoms with Gasteiger partial charge in [0.15, 0.2) is 18.1 Å². The average molecular weight is 393 g/mol. The molecule has 0 bridgehead atoms. The first-order chi connectivity index (χ1) is 13.5. The van der Waals surface area contributed by atoms with Gasteiger partial charge in [-0.05, 0) is 37.1 Å². The zero-order chi connectivity index (χ0) is 20.4. The number of halogens is 2. The highest BCUT2D eigenvalue weighted by atomic mass is 19.3. The summed E-state index contributed by atoms with van der Waals surface area (Å²) in [7, 11) is 0. The molecule has 150 valence electrons. The molecular weight excluding hydrogens is 372 g/mol. The Bertz CT molecular complexity index is 783. The summed E-state index contributed by atoms with van der Waals surface area (Å²) >= 11 is 0. The lowest BCUT2D eigenvalue weighted by Gasteiger charge is -2.12. The molecule has 6 nitrogen and oxygen atoms in total. The second-order valence-corrected chi connectivity index (χ2v) is 5.63. The van der Waals surface area contributed by atoms with Gasteiger partial charge in [-0.15, -0.1) is 0 Å². The predicted molar refractivity (Wildman–Crippen MR) is 97.7 cm³/mol. The number of amides is 1. The Balaban J connectivity index is 1.84. The number of hydrogen-bond acceptors (Lipinski definition) is 5. The summed E-state index contributed by atoms with van der Waals surface area (Å²) in [5.74, 6) is -1.41. The molecule has 2 aromatic rings. The molecule has 8 heteroatoms. The highest BCUT2D eigenvalue weighted by Gasteiger charge is 2.16. The third-order valence-corrected chi connectivity index (χ3v) is 3.61. The van der Waals surface area contributed by atoms with Crippen LogP contribution in [-0.4, -0.2) is 38.2 Å². The number of carbonyl (C=O) groups excluding carboxylic acids is 2. The van der Waals surface area contributed by atoms with Crippen molar-refractivity contribution in [2.24, 2.45) is 0 Å². The summed E-state index contributed by atoms with van der Waals surface area (Å²) in [5.41, 5.74) is 1.14. The number of rotatable bonds is 10. The number of esters is 1. The van der Waals surface area contributed by atoms with Crippen LogP contribution in [0, 0.1) is 0 Å². The molecule has 0 saturated carbocycles. The Hall–Kier alpha value is -3.16. The van der Waals surface area contributed by atoms with Crippen LogP contribution in [0.5, 0.6) is 11.5 Å². The van der Waals surface area contributed by atoms with E-state index in [9.17, 15) is 18.4 Å². The van der Waals surface area contributed by atoms with Crippen molar-refractivity contribution in [3.63, 3.8) is 0 Å². The fraction of sp³-hybridized carbons (Fsp3) is 0.300. The number of carbonyl (C=O) groups is 2. The van der Waals surface area contributed by atoms with Crippen LogP contribution in [0.4, 0.5) is 8.78 Å². The maximum absolute atomic E-state index is 12.4. The maximum atomic E-state index is 12.4. The minimum Gasteiger partial charge on any atom is -0.490 e. The van der Waals surface area contributed by atoms with E-state index in [-0.39, 0.29) is 23.7 Å². The Morgan fingerprint density at radius 1 is 1.07 bits per heavy atom. The van der Waals surface area contributed by atoms with Gasteiger partial charge in [-0.25, -0.2) is 4.79 Å². The summed E-state index contributed by atoms with van der Waals surface area (Å²) < 4.78 is 39.3. The quantitative estimate of drug-likeness (QED) is 0.628. The molecule has 28 heavy (non-hydrogen) atoms. The van der Waals surface area contributed by atoms with E-state index in [1.54, 1.807) is 6.92 Å². The zero-order valence-corrected chi connectivity index (χ0v) is 15.3. The van der Waals surface area contributed by atoms with Gasteiger partial charge < -0.3 is 19.5 Å². The SMILES string of the molecule is CCOc1cc(C(=O)OCC(=O)NCCc2ccccc2)ccc1OC(F)F. The summed E-state index contributed by atoms with van der Waals surface area (Å²) in [5, 5.41) is 2.66. The molecule has 0 saturated heterocycles. The third-order valence-electron chi connectivity index (χ3n) is 3.61. The van der Waals surface area contributed by atoms with Crippen molar-refractivity contribution in [3.05, 3.63) is 59.7 Å².